The molecule has 1 heterocycles. The van der Waals surface area contributed by atoms with Crippen LogP contribution in [-0.2, 0) is 6.42 Å². The molecule has 0 spiro atoms. The van der Waals surface area contributed by atoms with Gasteiger partial charge in [0.25, 0.3) is 0 Å². The van der Waals surface area contributed by atoms with E-state index >= 15 is 0 Å². The fourth-order valence-electron chi connectivity index (χ4n) is 2.84. The van der Waals surface area contributed by atoms with Gasteiger partial charge in [-0.3, -0.25) is 4.90 Å². The number of nitrogens with one attached hydrogen (secondary N) is 1. The lowest BCUT2D eigenvalue weighted by atomic mass is 10.1. The molecule has 1 aromatic rings. The van der Waals surface area contributed by atoms with Crippen molar-refractivity contribution in [3.05, 3.63) is 29.6 Å². The maximum Gasteiger partial charge on any atom is 0.123 e. The molecule has 3 rings (SSSR count). The maximum absolute atomic E-state index is 13.1. The van der Waals surface area contributed by atoms with Crippen LogP contribution in [0.4, 0.5) is 4.39 Å². The van der Waals surface area contributed by atoms with Crippen LogP contribution >= 0.6 is 0 Å². The molecule has 20 heavy (non-hydrogen) atoms. The van der Waals surface area contributed by atoms with Crippen molar-refractivity contribution in [1.29, 1.82) is 0 Å². The minimum atomic E-state index is -0.180. The summed E-state index contributed by atoms with van der Waals surface area (Å²) in [5, 5.41) is 3.48. The van der Waals surface area contributed by atoms with Crippen molar-refractivity contribution in [3.63, 3.8) is 0 Å². The summed E-state index contributed by atoms with van der Waals surface area (Å²) in [6.07, 6.45) is 3.61. The predicted octanol–water partition coefficient (Wildman–Crippen LogP) is 2.20. The molecule has 4 heteroatoms. The van der Waals surface area contributed by atoms with E-state index < -0.39 is 0 Å². The van der Waals surface area contributed by atoms with Crippen LogP contribution in [0, 0.1) is 5.82 Å². The Balaban J connectivity index is 1.42. The summed E-state index contributed by atoms with van der Waals surface area (Å²) in [5.74, 6) is 0.655. The molecule has 2 unspecified atom stereocenters. The van der Waals surface area contributed by atoms with Gasteiger partial charge in [-0.1, -0.05) is 0 Å². The van der Waals surface area contributed by atoms with Gasteiger partial charge in [-0.25, -0.2) is 4.39 Å². The van der Waals surface area contributed by atoms with Gasteiger partial charge in [-0.05, 0) is 45.0 Å². The molecule has 0 amide bonds. The summed E-state index contributed by atoms with van der Waals surface area (Å²) in [4.78, 5) is 2.45. The maximum atomic E-state index is 13.1. The van der Waals surface area contributed by atoms with Gasteiger partial charge >= 0.3 is 0 Å². The Morgan fingerprint density at radius 2 is 2.25 bits per heavy atom. The van der Waals surface area contributed by atoms with E-state index in [9.17, 15) is 4.39 Å². The van der Waals surface area contributed by atoms with E-state index in [1.165, 1.54) is 18.9 Å². The standard InChI is InChI=1S/C16H23FN2O/c1-11(19(2)14-4-5-14)9-18-10-15-8-12-7-13(17)3-6-16(12)20-15/h3,6-7,11,14-15,18H,4-5,8-10H2,1-2H3. The SMILES string of the molecule is CC(CNCC1Cc2cc(F)ccc2O1)N(C)C1CC1. The van der Waals surface area contributed by atoms with Gasteiger partial charge in [0.2, 0.25) is 0 Å². The highest BCUT2D eigenvalue weighted by molar-refractivity contribution is 5.37. The third-order valence-corrected chi connectivity index (χ3v) is 4.39. The summed E-state index contributed by atoms with van der Waals surface area (Å²) in [7, 11) is 2.20. The van der Waals surface area contributed by atoms with Crippen molar-refractivity contribution in [3.8, 4) is 5.75 Å². The molecule has 2 aliphatic rings. The fourth-order valence-corrected chi connectivity index (χ4v) is 2.84. The monoisotopic (exact) mass is 278 g/mol. The quantitative estimate of drug-likeness (QED) is 0.863. The van der Waals surface area contributed by atoms with Gasteiger partial charge in [-0.2, -0.15) is 0 Å². The number of halogens is 1. The number of hydrogen-bond acceptors (Lipinski definition) is 3. The van der Waals surface area contributed by atoms with Crippen LogP contribution in [-0.4, -0.2) is 43.2 Å². The van der Waals surface area contributed by atoms with E-state index in [1.807, 2.05) is 0 Å². The van der Waals surface area contributed by atoms with Crippen molar-refractivity contribution in [2.75, 3.05) is 20.1 Å². The van der Waals surface area contributed by atoms with E-state index in [-0.39, 0.29) is 11.9 Å². The molecule has 110 valence electrons. The van der Waals surface area contributed by atoms with Crippen molar-refractivity contribution in [2.45, 2.75) is 44.4 Å². The molecule has 0 radical (unpaired) electrons. The molecular weight excluding hydrogens is 255 g/mol. The molecule has 0 aromatic heterocycles. The highest BCUT2D eigenvalue weighted by Crippen LogP contribution is 2.29. The zero-order valence-electron chi connectivity index (χ0n) is 12.2. The number of likely N-dealkylation sites (N-methyl/N-ethyl adjacent to an activating group) is 1. The van der Waals surface area contributed by atoms with Crippen molar-refractivity contribution in [1.82, 2.24) is 10.2 Å². The number of rotatable bonds is 6. The fraction of sp³-hybridized carbons (Fsp3) is 0.625. The third kappa shape index (κ3) is 3.13. The highest BCUT2D eigenvalue weighted by Gasteiger charge is 2.29. The number of benzene rings is 1. The number of hydrogen-bond donors (Lipinski definition) is 1. The Morgan fingerprint density at radius 1 is 1.45 bits per heavy atom. The van der Waals surface area contributed by atoms with E-state index in [2.05, 4.69) is 24.2 Å². The third-order valence-electron chi connectivity index (χ3n) is 4.39. The smallest absolute Gasteiger partial charge is 0.123 e. The Hall–Kier alpha value is -1.13. The van der Waals surface area contributed by atoms with Gasteiger partial charge in [-0.15, -0.1) is 0 Å². The van der Waals surface area contributed by atoms with E-state index in [0.29, 0.717) is 6.04 Å². The van der Waals surface area contributed by atoms with E-state index in [4.69, 9.17) is 4.74 Å². The molecule has 1 aromatic carbocycles. The zero-order valence-corrected chi connectivity index (χ0v) is 12.2. The predicted molar refractivity (Wildman–Crippen MR) is 77.6 cm³/mol. The molecule has 2 atom stereocenters. The van der Waals surface area contributed by atoms with Gasteiger partial charge in [0, 0.05) is 37.2 Å². The summed E-state index contributed by atoms with van der Waals surface area (Å²) < 4.78 is 19.0. The molecule has 1 aliphatic carbocycles. The van der Waals surface area contributed by atoms with Crippen LogP contribution in [0.25, 0.3) is 0 Å². The Bertz CT molecular complexity index is 476. The van der Waals surface area contributed by atoms with Crippen LogP contribution in [0.2, 0.25) is 0 Å². The Labute approximate surface area is 120 Å². The minimum absolute atomic E-state index is 0.130. The first-order valence-corrected chi connectivity index (χ1v) is 7.51. The average molecular weight is 278 g/mol. The van der Waals surface area contributed by atoms with E-state index in [1.54, 1.807) is 12.1 Å². The normalized spacial score (nSPS) is 22.7. The Morgan fingerprint density at radius 3 is 3.00 bits per heavy atom. The van der Waals surface area contributed by atoms with Crippen molar-refractivity contribution >= 4 is 0 Å². The number of ether oxygens (including phenoxy) is 1. The lowest BCUT2D eigenvalue weighted by molar-refractivity contribution is 0.207. The zero-order chi connectivity index (χ0) is 14.1. The summed E-state index contributed by atoms with van der Waals surface area (Å²) in [6.45, 7) is 4.04. The second kappa shape index (κ2) is 5.70. The van der Waals surface area contributed by atoms with Crippen LogP contribution in [0.1, 0.15) is 25.3 Å². The first-order valence-electron chi connectivity index (χ1n) is 7.51. The Kier molecular flexibility index (Phi) is 3.94. The van der Waals surface area contributed by atoms with E-state index in [0.717, 1.165) is 36.9 Å². The van der Waals surface area contributed by atoms with Gasteiger partial charge < -0.3 is 10.1 Å². The lowest BCUT2D eigenvalue weighted by Crippen LogP contribution is -2.41. The number of fused-ring (bicyclic) bond motifs is 1. The molecule has 0 bridgehead atoms. The topological polar surface area (TPSA) is 24.5 Å². The summed E-state index contributed by atoms with van der Waals surface area (Å²) in [5.41, 5.74) is 0.986. The highest BCUT2D eigenvalue weighted by atomic mass is 19.1. The molecule has 1 N–H and O–H groups in total. The molecule has 1 saturated carbocycles. The lowest BCUT2D eigenvalue weighted by Gasteiger charge is -2.25. The van der Waals surface area contributed by atoms with Crippen LogP contribution < -0.4 is 10.1 Å². The van der Waals surface area contributed by atoms with Crippen molar-refractivity contribution < 1.29 is 9.13 Å². The largest absolute Gasteiger partial charge is 0.488 e. The van der Waals surface area contributed by atoms with Gasteiger partial charge in [0.1, 0.15) is 17.7 Å². The van der Waals surface area contributed by atoms with Crippen LogP contribution in [0.15, 0.2) is 18.2 Å². The number of nitrogens with zero attached hydrogens (tertiary/aromatic N) is 1. The minimum Gasteiger partial charge on any atom is -0.488 e. The molecular formula is C16H23FN2O. The van der Waals surface area contributed by atoms with Gasteiger partial charge in [0.15, 0.2) is 0 Å². The van der Waals surface area contributed by atoms with Crippen LogP contribution in [0.3, 0.4) is 0 Å². The summed E-state index contributed by atoms with van der Waals surface area (Å²) in [6, 6.07) is 6.11. The first-order chi connectivity index (χ1) is 9.63. The molecule has 3 nitrogen and oxygen atoms in total. The second-order valence-corrected chi connectivity index (χ2v) is 6.10. The van der Waals surface area contributed by atoms with Crippen molar-refractivity contribution in [2.24, 2.45) is 0 Å². The molecule has 0 saturated heterocycles. The summed E-state index contributed by atoms with van der Waals surface area (Å²) >= 11 is 0. The first kappa shape index (κ1) is 13.8. The average Bonchev–Trinajstić information content (AvgIpc) is 3.19. The van der Waals surface area contributed by atoms with Gasteiger partial charge in [0.05, 0.1) is 0 Å². The molecule has 1 fully saturated rings. The molecule has 1 aliphatic heterocycles. The second-order valence-electron chi connectivity index (χ2n) is 6.10. The van der Waals surface area contributed by atoms with Crippen LogP contribution in [0.5, 0.6) is 5.75 Å².